The summed E-state index contributed by atoms with van der Waals surface area (Å²) in [6.07, 6.45) is 2.07. The van der Waals surface area contributed by atoms with E-state index in [2.05, 4.69) is 5.32 Å². The van der Waals surface area contributed by atoms with Crippen LogP contribution in [-0.4, -0.2) is 44.9 Å². The molecule has 1 aliphatic heterocycles. The zero-order valence-electron chi connectivity index (χ0n) is 14.0. The third kappa shape index (κ3) is 6.65. The minimum Gasteiger partial charge on any atom is -0.497 e. The third-order valence-corrected chi connectivity index (χ3v) is 3.86. The van der Waals surface area contributed by atoms with Gasteiger partial charge in [-0.25, -0.2) is 0 Å². The molecule has 0 radical (unpaired) electrons. The van der Waals surface area contributed by atoms with Crippen molar-refractivity contribution in [2.45, 2.75) is 38.1 Å². The van der Waals surface area contributed by atoms with Crippen LogP contribution in [0.4, 0.5) is 0 Å². The number of carbonyl (C=O) groups is 1. The van der Waals surface area contributed by atoms with E-state index in [4.69, 9.17) is 19.9 Å². The van der Waals surface area contributed by atoms with Crippen molar-refractivity contribution in [1.82, 2.24) is 5.32 Å². The van der Waals surface area contributed by atoms with E-state index in [0.717, 1.165) is 30.6 Å². The highest BCUT2D eigenvalue weighted by atomic mass is 35.5. The highest BCUT2D eigenvalue weighted by molar-refractivity contribution is 5.85. The largest absolute Gasteiger partial charge is 0.497 e. The molecule has 1 heterocycles. The third-order valence-electron chi connectivity index (χ3n) is 3.86. The van der Waals surface area contributed by atoms with E-state index in [9.17, 15) is 4.79 Å². The van der Waals surface area contributed by atoms with Gasteiger partial charge in [0.15, 0.2) is 0 Å². The van der Waals surface area contributed by atoms with Crippen molar-refractivity contribution in [2.75, 3.05) is 26.8 Å². The first-order valence-corrected chi connectivity index (χ1v) is 8.07. The molecule has 7 heteroatoms. The maximum Gasteiger partial charge on any atom is 0.249 e. The molecule has 1 aromatic rings. The molecule has 1 fully saturated rings. The van der Waals surface area contributed by atoms with Crippen LogP contribution in [0.2, 0.25) is 0 Å². The Morgan fingerprint density at radius 1 is 1.33 bits per heavy atom. The molecule has 2 atom stereocenters. The van der Waals surface area contributed by atoms with Crippen LogP contribution in [0.1, 0.15) is 24.8 Å². The van der Waals surface area contributed by atoms with Crippen molar-refractivity contribution < 1.29 is 19.0 Å². The number of nitrogens with two attached hydrogens (primary N) is 1. The zero-order chi connectivity index (χ0) is 16.5. The number of hydrogen-bond acceptors (Lipinski definition) is 5. The van der Waals surface area contributed by atoms with Crippen LogP contribution in [0.3, 0.4) is 0 Å². The summed E-state index contributed by atoms with van der Waals surface area (Å²) in [5.74, 6) is 0.790. The van der Waals surface area contributed by atoms with E-state index in [1.807, 2.05) is 24.3 Å². The summed E-state index contributed by atoms with van der Waals surface area (Å²) in [6, 6.07) is 7.78. The lowest BCUT2D eigenvalue weighted by atomic mass is 10.2. The molecule has 0 aromatic heterocycles. The Bertz CT molecular complexity index is 484. The number of ether oxygens (including phenoxy) is 3. The molecular formula is C17H27ClN2O4. The summed E-state index contributed by atoms with van der Waals surface area (Å²) in [4.78, 5) is 11.9. The van der Waals surface area contributed by atoms with Crippen molar-refractivity contribution in [2.24, 2.45) is 5.73 Å². The number of hydrogen-bond donors (Lipinski definition) is 2. The molecule has 0 bridgehead atoms. The number of benzene rings is 1. The zero-order valence-corrected chi connectivity index (χ0v) is 14.8. The summed E-state index contributed by atoms with van der Waals surface area (Å²) in [6.45, 7) is 2.22. The van der Waals surface area contributed by atoms with Crippen LogP contribution in [0, 0.1) is 0 Å². The van der Waals surface area contributed by atoms with Gasteiger partial charge in [0.2, 0.25) is 5.91 Å². The Morgan fingerprint density at radius 3 is 2.71 bits per heavy atom. The van der Waals surface area contributed by atoms with E-state index < -0.39 is 0 Å². The molecule has 0 saturated carbocycles. The van der Waals surface area contributed by atoms with Crippen molar-refractivity contribution in [3.05, 3.63) is 29.8 Å². The van der Waals surface area contributed by atoms with E-state index in [1.54, 1.807) is 7.11 Å². The van der Waals surface area contributed by atoms with Gasteiger partial charge >= 0.3 is 0 Å². The fourth-order valence-corrected chi connectivity index (χ4v) is 2.48. The molecule has 6 nitrogen and oxygen atoms in total. The monoisotopic (exact) mass is 358 g/mol. The molecule has 0 aliphatic carbocycles. The number of amides is 1. The van der Waals surface area contributed by atoms with Gasteiger partial charge in [-0.05, 0) is 37.0 Å². The van der Waals surface area contributed by atoms with Crippen molar-refractivity contribution >= 4 is 18.3 Å². The number of halogens is 1. The second-order valence-corrected chi connectivity index (χ2v) is 5.61. The van der Waals surface area contributed by atoms with Gasteiger partial charge in [-0.2, -0.15) is 0 Å². The number of methoxy groups -OCH3 is 1. The van der Waals surface area contributed by atoms with Gasteiger partial charge in [0, 0.05) is 19.7 Å². The molecule has 0 spiro atoms. The standard InChI is InChI=1S/C17H26N2O4.ClH/c1-21-14-5-3-13(4-6-14)12-22-10-2-9-19-17(20)16-8-7-15(11-18)23-16;/h3-6,15-16H,2,7-12,18H2,1H3,(H,19,20);1H/t15-,16+;/m1./s1. The van der Waals surface area contributed by atoms with E-state index >= 15 is 0 Å². The van der Waals surface area contributed by atoms with Gasteiger partial charge in [-0.15, -0.1) is 12.4 Å². The summed E-state index contributed by atoms with van der Waals surface area (Å²) in [5, 5.41) is 2.88. The molecule has 2 rings (SSSR count). The van der Waals surface area contributed by atoms with Crippen LogP contribution in [0.5, 0.6) is 5.75 Å². The Kier molecular flexibility index (Phi) is 9.71. The summed E-state index contributed by atoms with van der Waals surface area (Å²) in [7, 11) is 1.65. The molecule has 1 aliphatic rings. The lowest BCUT2D eigenvalue weighted by Crippen LogP contribution is -2.36. The van der Waals surface area contributed by atoms with E-state index in [1.165, 1.54) is 0 Å². The van der Waals surface area contributed by atoms with Gasteiger partial charge in [0.05, 0.1) is 19.8 Å². The Hall–Kier alpha value is -1.34. The summed E-state index contributed by atoms with van der Waals surface area (Å²) in [5.41, 5.74) is 6.63. The SMILES string of the molecule is COc1ccc(COCCCNC(=O)[C@@H]2CC[C@H](CN)O2)cc1.Cl. The molecule has 3 N–H and O–H groups in total. The molecule has 1 aromatic carbocycles. The predicted octanol–water partition coefficient (Wildman–Crippen LogP) is 1.65. The highest BCUT2D eigenvalue weighted by Gasteiger charge is 2.29. The van der Waals surface area contributed by atoms with Gasteiger partial charge in [-0.1, -0.05) is 12.1 Å². The quantitative estimate of drug-likeness (QED) is 0.656. The van der Waals surface area contributed by atoms with E-state index in [-0.39, 0.29) is 30.5 Å². The summed E-state index contributed by atoms with van der Waals surface area (Å²) < 4.78 is 16.3. The predicted molar refractivity (Wildman–Crippen MR) is 94.5 cm³/mol. The maximum absolute atomic E-state index is 11.9. The molecule has 1 amide bonds. The van der Waals surface area contributed by atoms with Crippen molar-refractivity contribution in [3.63, 3.8) is 0 Å². The van der Waals surface area contributed by atoms with Gasteiger partial charge in [0.25, 0.3) is 0 Å². The highest BCUT2D eigenvalue weighted by Crippen LogP contribution is 2.18. The first-order chi connectivity index (χ1) is 11.2. The van der Waals surface area contributed by atoms with Crippen molar-refractivity contribution in [1.29, 1.82) is 0 Å². The number of rotatable bonds is 9. The molecule has 1 saturated heterocycles. The first kappa shape index (κ1) is 20.7. The van der Waals surface area contributed by atoms with Crippen molar-refractivity contribution in [3.8, 4) is 5.75 Å². The van der Waals surface area contributed by atoms with Gasteiger partial charge in [0.1, 0.15) is 11.9 Å². The van der Waals surface area contributed by atoms with Crippen LogP contribution in [-0.2, 0) is 20.9 Å². The minimum atomic E-state index is -0.344. The molecule has 0 unspecified atom stereocenters. The number of nitrogens with one attached hydrogen (secondary N) is 1. The minimum absolute atomic E-state index is 0. The Labute approximate surface area is 149 Å². The van der Waals surface area contributed by atoms with Gasteiger partial charge < -0.3 is 25.3 Å². The topological polar surface area (TPSA) is 82.8 Å². The first-order valence-electron chi connectivity index (χ1n) is 8.07. The Balaban J connectivity index is 0.00000288. The maximum atomic E-state index is 11.9. The normalized spacial score (nSPS) is 19.6. The van der Waals surface area contributed by atoms with Crippen LogP contribution < -0.4 is 15.8 Å². The van der Waals surface area contributed by atoms with E-state index in [0.29, 0.717) is 26.3 Å². The lowest BCUT2D eigenvalue weighted by molar-refractivity contribution is -0.131. The second kappa shape index (κ2) is 11.3. The lowest BCUT2D eigenvalue weighted by Gasteiger charge is -2.12. The summed E-state index contributed by atoms with van der Waals surface area (Å²) >= 11 is 0. The van der Waals surface area contributed by atoms with Gasteiger partial charge in [-0.3, -0.25) is 4.79 Å². The number of carbonyl (C=O) groups excluding carboxylic acids is 1. The average Bonchev–Trinajstić information content (AvgIpc) is 3.07. The van der Waals surface area contributed by atoms with Crippen LogP contribution in [0.25, 0.3) is 0 Å². The average molecular weight is 359 g/mol. The molecule has 136 valence electrons. The smallest absolute Gasteiger partial charge is 0.249 e. The van der Waals surface area contributed by atoms with Crippen LogP contribution in [0.15, 0.2) is 24.3 Å². The fourth-order valence-electron chi connectivity index (χ4n) is 2.48. The molecular weight excluding hydrogens is 332 g/mol. The van der Waals surface area contributed by atoms with Crippen LogP contribution >= 0.6 is 12.4 Å². The fraction of sp³-hybridized carbons (Fsp3) is 0.588. The molecule has 24 heavy (non-hydrogen) atoms. The Morgan fingerprint density at radius 2 is 2.08 bits per heavy atom. The second-order valence-electron chi connectivity index (χ2n) is 5.61.